The summed E-state index contributed by atoms with van der Waals surface area (Å²) < 4.78 is 33.5. The molecule has 0 spiro atoms. The van der Waals surface area contributed by atoms with Crippen molar-refractivity contribution in [2.24, 2.45) is 0 Å². The summed E-state index contributed by atoms with van der Waals surface area (Å²) in [4.78, 5) is 14.4. The van der Waals surface area contributed by atoms with Crippen LogP contribution in [0, 0.1) is 0 Å². The number of piperazine rings is 1. The van der Waals surface area contributed by atoms with Gasteiger partial charge in [0.2, 0.25) is 15.9 Å². The van der Waals surface area contributed by atoms with Gasteiger partial charge in [0, 0.05) is 39.1 Å². The molecule has 0 aromatic carbocycles. The van der Waals surface area contributed by atoms with E-state index in [1.807, 2.05) is 6.92 Å². The van der Waals surface area contributed by atoms with E-state index in [1.54, 1.807) is 9.58 Å². The zero-order chi connectivity index (χ0) is 17.3. The number of sulfonamides is 1. The zero-order valence-electron chi connectivity index (χ0n) is 13.6. The zero-order valence-corrected chi connectivity index (χ0v) is 16.0. The minimum absolute atomic E-state index is 0.150. The van der Waals surface area contributed by atoms with Crippen LogP contribution >= 0.6 is 15.9 Å². The summed E-state index contributed by atoms with van der Waals surface area (Å²) in [5, 5.41) is 4.34. The molecular weight excluding hydrogens is 400 g/mol. The Labute approximate surface area is 149 Å². The van der Waals surface area contributed by atoms with Gasteiger partial charge in [-0.3, -0.25) is 4.79 Å². The average Bonchev–Trinajstić information content (AvgIpc) is 2.92. The summed E-state index contributed by atoms with van der Waals surface area (Å²) in [7, 11) is -3.21. The highest BCUT2D eigenvalue weighted by molar-refractivity contribution is 9.10. The number of carbonyl (C=O) groups excluding carboxylic acids is 1. The molecule has 3 rings (SSSR count). The van der Waals surface area contributed by atoms with Crippen LogP contribution in [0.5, 0.6) is 5.88 Å². The highest BCUT2D eigenvalue weighted by Gasteiger charge is 2.32. The Balaban J connectivity index is 1.69. The van der Waals surface area contributed by atoms with E-state index < -0.39 is 10.0 Å². The number of aryl methyl sites for hydroxylation is 1. The normalized spacial score (nSPS) is 19.0. The van der Waals surface area contributed by atoms with Crippen molar-refractivity contribution < 1.29 is 17.9 Å². The summed E-state index contributed by atoms with van der Waals surface area (Å²) in [5.41, 5.74) is 0.330. The number of amides is 1. The van der Waals surface area contributed by atoms with Crippen molar-refractivity contribution in [3.63, 3.8) is 0 Å². The van der Waals surface area contributed by atoms with Crippen molar-refractivity contribution in [1.29, 1.82) is 0 Å². The number of hydrogen-bond acceptors (Lipinski definition) is 5. The Hall–Kier alpha value is -1.13. The molecule has 0 atom stereocenters. The van der Waals surface area contributed by atoms with Crippen LogP contribution in [0.3, 0.4) is 0 Å². The minimum Gasteiger partial charge on any atom is -0.477 e. The van der Waals surface area contributed by atoms with Crippen LogP contribution in [0.25, 0.3) is 0 Å². The van der Waals surface area contributed by atoms with Crippen molar-refractivity contribution >= 4 is 31.9 Å². The molecule has 2 aliphatic heterocycles. The molecule has 1 fully saturated rings. The van der Waals surface area contributed by atoms with Gasteiger partial charge in [0.05, 0.1) is 12.4 Å². The molecule has 134 valence electrons. The third kappa shape index (κ3) is 3.31. The Morgan fingerprint density at radius 2 is 1.96 bits per heavy atom. The van der Waals surface area contributed by atoms with Crippen molar-refractivity contribution in [1.82, 2.24) is 19.0 Å². The summed E-state index contributed by atoms with van der Waals surface area (Å²) in [6.45, 7) is 4.59. The van der Waals surface area contributed by atoms with E-state index in [-0.39, 0.29) is 11.7 Å². The number of fused-ring (bicyclic) bond motifs is 1. The van der Waals surface area contributed by atoms with Crippen molar-refractivity contribution in [3.05, 3.63) is 10.2 Å². The summed E-state index contributed by atoms with van der Waals surface area (Å²) in [5.74, 6) is 0.547. The maximum atomic E-state index is 12.7. The fourth-order valence-corrected chi connectivity index (χ4v) is 5.00. The number of halogens is 1. The van der Waals surface area contributed by atoms with E-state index >= 15 is 0 Å². The largest absolute Gasteiger partial charge is 0.477 e. The molecule has 1 aromatic rings. The Morgan fingerprint density at radius 1 is 1.25 bits per heavy atom. The van der Waals surface area contributed by atoms with Crippen molar-refractivity contribution in [2.75, 3.05) is 38.5 Å². The quantitative estimate of drug-likeness (QED) is 0.722. The Morgan fingerprint density at radius 3 is 2.58 bits per heavy atom. The average molecular weight is 421 g/mol. The molecule has 0 aliphatic carbocycles. The van der Waals surface area contributed by atoms with Crippen LogP contribution in [0.4, 0.5) is 0 Å². The number of ether oxygens (including phenoxy) is 1. The van der Waals surface area contributed by atoms with Gasteiger partial charge in [-0.15, -0.1) is 0 Å². The second kappa shape index (κ2) is 7.01. The molecule has 0 unspecified atom stereocenters. The Kier molecular flexibility index (Phi) is 5.16. The molecule has 2 aliphatic rings. The van der Waals surface area contributed by atoms with Crippen LogP contribution < -0.4 is 4.74 Å². The summed E-state index contributed by atoms with van der Waals surface area (Å²) >= 11 is 3.41. The number of carbonyl (C=O) groups is 1. The lowest BCUT2D eigenvalue weighted by Gasteiger charge is -2.33. The predicted molar refractivity (Wildman–Crippen MR) is 91.6 cm³/mol. The topological polar surface area (TPSA) is 84.7 Å². The first kappa shape index (κ1) is 17.7. The first-order chi connectivity index (χ1) is 11.4. The van der Waals surface area contributed by atoms with Gasteiger partial charge >= 0.3 is 0 Å². The number of rotatable bonds is 4. The van der Waals surface area contributed by atoms with Crippen molar-refractivity contribution in [2.45, 2.75) is 26.3 Å². The summed E-state index contributed by atoms with van der Waals surface area (Å²) in [6, 6.07) is 0. The molecule has 24 heavy (non-hydrogen) atoms. The molecule has 1 amide bonds. The van der Waals surface area contributed by atoms with Gasteiger partial charge in [0.15, 0.2) is 5.69 Å². The standard InChI is InChI=1S/C14H21BrN4O4S/c1-2-10-24(21,22)18-7-5-17(6-8-18)13(20)12-11(15)14-19(16-12)4-3-9-23-14/h2-10H2,1H3. The molecule has 0 bridgehead atoms. The van der Waals surface area contributed by atoms with E-state index in [4.69, 9.17) is 4.74 Å². The number of aromatic nitrogens is 2. The molecule has 1 saturated heterocycles. The van der Waals surface area contributed by atoms with Gasteiger partial charge in [-0.05, 0) is 22.4 Å². The fourth-order valence-electron chi connectivity index (χ4n) is 2.94. The van der Waals surface area contributed by atoms with Crippen LogP contribution in [-0.2, 0) is 16.6 Å². The molecule has 0 saturated carbocycles. The molecule has 3 heterocycles. The van der Waals surface area contributed by atoms with Crippen LogP contribution in [0.15, 0.2) is 4.47 Å². The van der Waals surface area contributed by atoms with E-state index in [2.05, 4.69) is 21.0 Å². The van der Waals surface area contributed by atoms with Gasteiger partial charge in [-0.2, -0.15) is 9.40 Å². The Bertz CT molecular complexity index is 725. The maximum Gasteiger partial charge on any atom is 0.275 e. The first-order valence-corrected chi connectivity index (χ1v) is 10.5. The predicted octanol–water partition coefficient (Wildman–Crippen LogP) is 0.926. The highest BCUT2D eigenvalue weighted by Crippen LogP contribution is 2.32. The van der Waals surface area contributed by atoms with E-state index in [9.17, 15) is 13.2 Å². The van der Waals surface area contributed by atoms with E-state index in [1.165, 1.54) is 4.31 Å². The van der Waals surface area contributed by atoms with Crippen molar-refractivity contribution in [3.8, 4) is 5.88 Å². The van der Waals surface area contributed by atoms with Crippen LogP contribution in [-0.4, -0.2) is 71.8 Å². The van der Waals surface area contributed by atoms with Gasteiger partial charge in [-0.1, -0.05) is 6.92 Å². The monoisotopic (exact) mass is 420 g/mol. The van der Waals surface area contributed by atoms with Crippen LogP contribution in [0.2, 0.25) is 0 Å². The molecule has 8 nitrogen and oxygen atoms in total. The van der Waals surface area contributed by atoms with Gasteiger partial charge < -0.3 is 9.64 Å². The smallest absolute Gasteiger partial charge is 0.275 e. The molecule has 0 N–H and O–H groups in total. The van der Waals surface area contributed by atoms with Gasteiger partial charge in [-0.25, -0.2) is 13.1 Å². The molecular formula is C14H21BrN4O4S. The lowest BCUT2D eigenvalue weighted by Crippen LogP contribution is -2.51. The van der Waals surface area contributed by atoms with E-state index in [0.29, 0.717) is 55.3 Å². The molecule has 10 heteroatoms. The lowest BCUT2D eigenvalue weighted by molar-refractivity contribution is 0.0690. The first-order valence-electron chi connectivity index (χ1n) is 8.10. The summed E-state index contributed by atoms with van der Waals surface area (Å²) in [6.07, 6.45) is 1.46. The third-order valence-corrected chi connectivity index (χ3v) is 6.98. The highest BCUT2D eigenvalue weighted by atomic mass is 79.9. The number of hydrogen-bond donors (Lipinski definition) is 0. The minimum atomic E-state index is -3.21. The SMILES string of the molecule is CCCS(=O)(=O)N1CCN(C(=O)c2nn3c(c2Br)OCCC3)CC1. The molecule has 1 aromatic heterocycles. The number of nitrogens with zero attached hydrogens (tertiary/aromatic N) is 4. The van der Waals surface area contributed by atoms with Gasteiger partial charge in [0.25, 0.3) is 5.91 Å². The second-order valence-corrected chi connectivity index (χ2v) is 8.78. The molecule has 0 radical (unpaired) electrons. The maximum absolute atomic E-state index is 12.7. The second-order valence-electron chi connectivity index (χ2n) is 5.90. The van der Waals surface area contributed by atoms with E-state index in [0.717, 1.165) is 13.0 Å². The lowest BCUT2D eigenvalue weighted by atomic mass is 10.3. The fraction of sp³-hybridized carbons (Fsp3) is 0.714. The third-order valence-electron chi connectivity index (χ3n) is 4.19. The van der Waals surface area contributed by atoms with Crippen LogP contribution in [0.1, 0.15) is 30.3 Å². The van der Waals surface area contributed by atoms with Gasteiger partial charge in [0.1, 0.15) is 4.47 Å².